The highest BCUT2D eigenvalue weighted by molar-refractivity contribution is 7.92. The fourth-order valence-electron chi connectivity index (χ4n) is 4.05. The van der Waals surface area contributed by atoms with E-state index in [1.165, 1.54) is 32.8 Å². The molecule has 1 aliphatic carbocycles. The summed E-state index contributed by atoms with van der Waals surface area (Å²) in [6.07, 6.45) is 7.39. The number of carbonyl (C=O) groups excluding carboxylic acids is 1. The van der Waals surface area contributed by atoms with Crippen molar-refractivity contribution >= 4 is 27.4 Å². The summed E-state index contributed by atoms with van der Waals surface area (Å²) in [7, 11) is -1.88. The molecule has 1 heterocycles. The van der Waals surface area contributed by atoms with Gasteiger partial charge in [-0.15, -0.1) is 0 Å². The van der Waals surface area contributed by atoms with Crippen LogP contribution in [0.25, 0.3) is 0 Å². The Bertz CT molecular complexity index is 760. The van der Waals surface area contributed by atoms with Crippen LogP contribution in [0.1, 0.15) is 32.1 Å². The van der Waals surface area contributed by atoms with Crippen LogP contribution in [0.3, 0.4) is 0 Å². The molecule has 3 rings (SSSR count). The number of hydrogen-bond donors (Lipinski definition) is 2. The molecule has 26 heavy (non-hydrogen) atoms. The number of amides is 2. The normalized spacial score (nSPS) is 21.0. The van der Waals surface area contributed by atoms with E-state index in [0.717, 1.165) is 31.7 Å². The molecule has 2 N–H and O–H groups in total. The number of ether oxygens (including phenoxy) is 1. The molecule has 1 saturated heterocycles. The zero-order valence-corrected chi connectivity index (χ0v) is 16.1. The first-order chi connectivity index (χ1) is 12.4. The Labute approximate surface area is 155 Å². The number of anilines is 2. The van der Waals surface area contributed by atoms with Gasteiger partial charge in [-0.05, 0) is 30.4 Å². The number of carbonyl (C=O) groups is 1. The van der Waals surface area contributed by atoms with Crippen LogP contribution in [0.15, 0.2) is 18.2 Å². The smallest absolute Gasteiger partial charge is 0.321 e. The first-order valence-corrected chi connectivity index (χ1v) is 11.0. The van der Waals surface area contributed by atoms with Gasteiger partial charge in [0, 0.05) is 19.2 Å². The van der Waals surface area contributed by atoms with Crippen molar-refractivity contribution in [3.8, 4) is 5.75 Å². The summed E-state index contributed by atoms with van der Waals surface area (Å²) < 4.78 is 30.4. The number of nitrogens with zero attached hydrogens (tertiary/aromatic N) is 1. The molecule has 8 heteroatoms. The van der Waals surface area contributed by atoms with Gasteiger partial charge in [0.1, 0.15) is 5.75 Å². The minimum Gasteiger partial charge on any atom is -0.494 e. The van der Waals surface area contributed by atoms with E-state index in [2.05, 4.69) is 10.0 Å². The maximum absolute atomic E-state index is 12.6. The number of benzene rings is 1. The average molecular weight is 381 g/mol. The van der Waals surface area contributed by atoms with Crippen LogP contribution in [0, 0.1) is 11.8 Å². The van der Waals surface area contributed by atoms with E-state index in [1.807, 2.05) is 4.90 Å². The van der Waals surface area contributed by atoms with Gasteiger partial charge in [0.25, 0.3) is 0 Å². The summed E-state index contributed by atoms with van der Waals surface area (Å²) in [6, 6.07) is 4.67. The lowest BCUT2D eigenvalue weighted by Gasteiger charge is -2.21. The zero-order valence-electron chi connectivity index (χ0n) is 15.3. The maximum atomic E-state index is 12.6. The molecule has 2 fully saturated rings. The number of hydrogen-bond acceptors (Lipinski definition) is 4. The summed E-state index contributed by atoms with van der Waals surface area (Å²) in [6.45, 7) is 1.59. The Hall–Kier alpha value is -1.96. The Morgan fingerprint density at radius 2 is 1.92 bits per heavy atom. The fraction of sp³-hybridized carbons (Fsp3) is 0.611. The summed E-state index contributed by atoms with van der Waals surface area (Å²) in [5, 5.41) is 2.89. The number of likely N-dealkylation sites (tertiary alicyclic amines) is 1. The van der Waals surface area contributed by atoms with Crippen LogP contribution in [0.4, 0.5) is 16.2 Å². The highest BCUT2D eigenvalue weighted by Gasteiger charge is 2.33. The molecule has 0 aromatic heterocycles. The van der Waals surface area contributed by atoms with E-state index >= 15 is 0 Å². The zero-order chi connectivity index (χ0) is 18.7. The maximum Gasteiger partial charge on any atom is 0.321 e. The monoisotopic (exact) mass is 381 g/mol. The molecule has 0 bridgehead atoms. The summed E-state index contributed by atoms with van der Waals surface area (Å²) in [4.78, 5) is 14.5. The Balaban J connectivity index is 1.63. The highest BCUT2D eigenvalue weighted by Crippen LogP contribution is 2.36. The second-order valence-electron chi connectivity index (χ2n) is 7.26. The molecule has 1 saturated carbocycles. The van der Waals surface area contributed by atoms with Crippen molar-refractivity contribution < 1.29 is 17.9 Å². The van der Waals surface area contributed by atoms with Crippen molar-refractivity contribution in [1.82, 2.24) is 4.90 Å². The lowest BCUT2D eigenvalue weighted by Crippen LogP contribution is -2.33. The minimum atomic E-state index is -3.37. The van der Waals surface area contributed by atoms with Crippen LogP contribution in [-0.4, -0.2) is 45.8 Å². The topological polar surface area (TPSA) is 87.7 Å². The molecular weight excluding hydrogens is 354 g/mol. The summed E-state index contributed by atoms with van der Waals surface area (Å²) in [5.41, 5.74) is 0.922. The van der Waals surface area contributed by atoms with Crippen LogP contribution in [0.2, 0.25) is 0 Å². The summed E-state index contributed by atoms with van der Waals surface area (Å²) in [5.74, 6) is 1.80. The second kappa shape index (κ2) is 7.73. The lowest BCUT2D eigenvalue weighted by atomic mass is 9.90. The van der Waals surface area contributed by atoms with E-state index in [0.29, 0.717) is 23.0 Å². The Morgan fingerprint density at radius 3 is 2.58 bits per heavy atom. The van der Waals surface area contributed by atoms with E-state index in [1.54, 1.807) is 18.2 Å². The molecule has 0 radical (unpaired) electrons. The summed E-state index contributed by atoms with van der Waals surface area (Å²) >= 11 is 0. The molecule has 0 spiro atoms. The molecule has 1 aliphatic heterocycles. The third-order valence-corrected chi connectivity index (χ3v) is 5.93. The van der Waals surface area contributed by atoms with Crippen molar-refractivity contribution in [2.45, 2.75) is 32.1 Å². The van der Waals surface area contributed by atoms with Gasteiger partial charge in [0.05, 0.1) is 24.7 Å². The van der Waals surface area contributed by atoms with Crippen LogP contribution in [-0.2, 0) is 10.0 Å². The Kier molecular flexibility index (Phi) is 5.60. The fourth-order valence-corrected chi connectivity index (χ4v) is 4.61. The van der Waals surface area contributed by atoms with Crippen molar-refractivity contribution in [2.75, 3.05) is 36.5 Å². The largest absolute Gasteiger partial charge is 0.494 e. The van der Waals surface area contributed by atoms with Gasteiger partial charge < -0.3 is 15.0 Å². The standard InChI is InChI=1S/C18H27N3O4S/c1-25-17-11-15(20-26(2,23)24)7-8-16(17)19-18(22)21-10-9-14(12-21)13-5-3-4-6-13/h7-8,11,13-14,20H,3-6,9-10,12H2,1-2H3,(H,19,22). The number of nitrogens with one attached hydrogen (secondary N) is 2. The minimum absolute atomic E-state index is 0.132. The van der Waals surface area contributed by atoms with Gasteiger partial charge in [-0.2, -0.15) is 0 Å². The third kappa shape index (κ3) is 4.60. The number of sulfonamides is 1. The SMILES string of the molecule is COc1cc(NS(C)(=O)=O)ccc1NC(=O)N1CCC(C2CCCC2)C1. The molecule has 2 aliphatic rings. The third-order valence-electron chi connectivity index (χ3n) is 5.32. The van der Waals surface area contributed by atoms with Crippen molar-refractivity contribution in [3.05, 3.63) is 18.2 Å². The first-order valence-electron chi connectivity index (χ1n) is 9.07. The molecule has 1 aromatic carbocycles. The second-order valence-corrected chi connectivity index (χ2v) is 9.01. The van der Waals surface area contributed by atoms with Gasteiger partial charge in [0.15, 0.2) is 0 Å². The molecular formula is C18H27N3O4S. The van der Waals surface area contributed by atoms with E-state index < -0.39 is 10.0 Å². The van der Waals surface area contributed by atoms with Crippen molar-refractivity contribution in [3.63, 3.8) is 0 Å². The predicted molar refractivity (Wildman–Crippen MR) is 102 cm³/mol. The number of methoxy groups -OCH3 is 1. The van der Waals surface area contributed by atoms with Gasteiger partial charge in [0.2, 0.25) is 10.0 Å². The highest BCUT2D eigenvalue weighted by atomic mass is 32.2. The van der Waals surface area contributed by atoms with E-state index in [9.17, 15) is 13.2 Å². The van der Waals surface area contributed by atoms with Gasteiger partial charge in [-0.1, -0.05) is 25.7 Å². The average Bonchev–Trinajstić information content (AvgIpc) is 3.25. The van der Waals surface area contributed by atoms with E-state index in [-0.39, 0.29) is 6.03 Å². The number of rotatable bonds is 5. The van der Waals surface area contributed by atoms with Crippen LogP contribution in [0.5, 0.6) is 5.75 Å². The van der Waals surface area contributed by atoms with E-state index in [4.69, 9.17) is 4.74 Å². The predicted octanol–water partition coefficient (Wildman–Crippen LogP) is 3.11. The molecule has 1 unspecified atom stereocenters. The number of urea groups is 1. The van der Waals surface area contributed by atoms with Crippen LogP contribution < -0.4 is 14.8 Å². The molecule has 1 atom stereocenters. The molecule has 1 aromatic rings. The molecule has 2 amide bonds. The molecule has 7 nitrogen and oxygen atoms in total. The molecule has 144 valence electrons. The van der Waals surface area contributed by atoms with Crippen molar-refractivity contribution in [2.24, 2.45) is 11.8 Å². The quantitative estimate of drug-likeness (QED) is 0.820. The van der Waals surface area contributed by atoms with Gasteiger partial charge in [-0.3, -0.25) is 4.72 Å². The Morgan fingerprint density at radius 1 is 1.19 bits per heavy atom. The lowest BCUT2D eigenvalue weighted by molar-refractivity contribution is 0.218. The first kappa shape index (κ1) is 18.8. The van der Waals surface area contributed by atoms with Gasteiger partial charge in [-0.25, -0.2) is 13.2 Å². The van der Waals surface area contributed by atoms with Gasteiger partial charge >= 0.3 is 6.03 Å². The van der Waals surface area contributed by atoms with Crippen LogP contribution >= 0.6 is 0 Å². The van der Waals surface area contributed by atoms with Crippen molar-refractivity contribution in [1.29, 1.82) is 0 Å².